The topological polar surface area (TPSA) is 65.0 Å². The number of phenols is 2. The average Bonchev–Trinajstić information content (AvgIpc) is 2.58. The fourth-order valence-corrected chi connectivity index (χ4v) is 3.14. The Labute approximate surface area is 148 Å². The summed E-state index contributed by atoms with van der Waals surface area (Å²) < 4.78 is 41.0. The third kappa shape index (κ3) is 4.39. The molecule has 140 valence electrons. The van der Waals surface area contributed by atoms with Crippen LogP contribution in [0.1, 0.15) is 17.2 Å². The second-order valence-corrected chi connectivity index (χ2v) is 6.05. The average molecular weight is 368 g/mol. The third-order valence-electron chi connectivity index (χ3n) is 4.25. The van der Waals surface area contributed by atoms with Crippen molar-refractivity contribution in [3.05, 3.63) is 53.6 Å². The van der Waals surface area contributed by atoms with Gasteiger partial charge < -0.3 is 20.3 Å². The largest absolute Gasteiger partial charge is 0.573 e. The Hall–Kier alpha value is -2.45. The minimum atomic E-state index is -4.74. The number of piperazine rings is 1. The molecule has 0 aromatic heterocycles. The van der Waals surface area contributed by atoms with Gasteiger partial charge in [-0.25, -0.2) is 0 Å². The number of hydrogen-bond acceptors (Lipinski definition) is 5. The molecule has 5 nitrogen and oxygen atoms in total. The van der Waals surface area contributed by atoms with Crippen molar-refractivity contribution >= 4 is 0 Å². The number of benzene rings is 2. The van der Waals surface area contributed by atoms with E-state index in [0.29, 0.717) is 18.7 Å². The Balaban J connectivity index is 1.95. The number of nitrogens with zero attached hydrogens (tertiary/aromatic N) is 1. The van der Waals surface area contributed by atoms with Crippen molar-refractivity contribution in [1.82, 2.24) is 10.2 Å². The maximum Gasteiger partial charge on any atom is 0.573 e. The summed E-state index contributed by atoms with van der Waals surface area (Å²) in [6.07, 6.45) is -4.74. The van der Waals surface area contributed by atoms with Crippen LogP contribution >= 0.6 is 0 Å². The van der Waals surface area contributed by atoms with E-state index in [9.17, 15) is 23.4 Å². The summed E-state index contributed by atoms with van der Waals surface area (Å²) in [4.78, 5) is 2.13. The van der Waals surface area contributed by atoms with Crippen molar-refractivity contribution < 1.29 is 28.1 Å². The Bertz CT molecular complexity index is 744. The third-order valence-corrected chi connectivity index (χ3v) is 4.25. The molecule has 3 N–H and O–H groups in total. The number of phenolic OH excluding ortho intramolecular Hbond substituents is 2. The quantitative estimate of drug-likeness (QED) is 0.774. The summed E-state index contributed by atoms with van der Waals surface area (Å²) >= 11 is 0. The first-order valence-electron chi connectivity index (χ1n) is 8.16. The van der Waals surface area contributed by atoms with Gasteiger partial charge in [0.2, 0.25) is 0 Å². The molecule has 0 aliphatic carbocycles. The predicted octanol–water partition coefficient (Wildman–Crippen LogP) is 2.99. The van der Waals surface area contributed by atoms with Gasteiger partial charge in [0.05, 0.1) is 6.04 Å². The maximum atomic E-state index is 12.4. The molecule has 1 aliphatic rings. The van der Waals surface area contributed by atoms with Gasteiger partial charge in [0.15, 0.2) is 0 Å². The van der Waals surface area contributed by atoms with Crippen molar-refractivity contribution in [3.8, 4) is 17.2 Å². The zero-order valence-electron chi connectivity index (χ0n) is 13.8. The minimum Gasteiger partial charge on any atom is -0.508 e. The lowest BCUT2D eigenvalue weighted by atomic mass is 9.95. The van der Waals surface area contributed by atoms with Crippen molar-refractivity contribution in [3.63, 3.8) is 0 Å². The minimum absolute atomic E-state index is 0.0563. The Morgan fingerprint density at radius 1 is 1.00 bits per heavy atom. The summed E-state index contributed by atoms with van der Waals surface area (Å²) in [7, 11) is 0. The van der Waals surface area contributed by atoms with Crippen LogP contribution in [0, 0.1) is 0 Å². The highest BCUT2D eigenvalue weighted by atomic mass is 19.4. The molecule has 1 atom stereocenters. The van der Waals surface area contributed by atoms with Gasteiger partial charge >= 0.3 is 6.36 Å². The van der Waals surface area contributed by atoms with E-state index < -0.39 is 6.36 Å². The first-order valence-corrected chi connectivity index (χ1v) is 8.16. The first-order chi connectivity index (χ1) is 12.3. The summed E-state index contributed by atoms with van der Waals surface area (Å²) in [5, 5.41) is 23.1. The van der Waals surface area contributed by atoms with Gasteiger partial charge in [0, 0.05) is 37.8 Å². The molecule has 8 heteroatoms. The molecule has 3 rings (SSSR count). The van der Waals surface area contributed by atoms with E-state index in [-0.39, 0.29) is 23.3 Å². The molecular weight excluding hydrogens is 349 g/mol. The molecule has 0 radical (unpaired) electrons. The number of nitrogens with one attached hydrogen (secondary N) is 1. The molecule has 0 unspecified atom stereocenters. The molecule has 0 spiro atoms. The zero-order valence-corrected chi connectivity index (χ0v) is 13.8. The van der Waals surface area contributed by atoms with Gasteiger partial charge in [-0.15, -0.1) is 13.2 Å². The van der Waals surface area contributed by atoms with Gasteiger partial charge in [-0.3, -0.25) is 4.90 Å². The van der Waals surface area contributed by atoms with E-state index in [0.717, 1.165) is 18.7 Å². The molecule has 0 bridgehead atoms. The normalized spacial score (nSPS) is 17.0. The summed E-state index contributed by atoms with van der Waals surface area (Å²) in [6.45, 7) is 2.97. The van der Waals surface area contributed by atoms with Gasteiger partial charge in [-0.2, -0.15) is 0 Å². The molecule has 26 heavy (non-hydrogen) atoms. The van der Waals surface area contributed by atoms with Crippen LogP contribution < -0.4 is 10.1 Å². The van der Waals surface area contributed by atoms with Crippen LogP contribution in [-0.4, -0.2) is 47.7 Å². The Kier molecular flexibility index (Phi) is 5.24. The number of rotatable bonds is 4. The Morgan fingerprint density at radius 3 is 2.23 bits per heavy atom. The summed E-state index contributed by atoms with van der Waals surface area (Å²) in [5.74, 6) is -0.418. The molecule has 0 amide bonds. The van der Waals surface area contributed by atoms with Crippen molar-refractivity contribution in [2.24, 2.45) is 0 Å². The SMILES string of the molecule is Oc1ccc([C@H](c2ccc(OC(F)(F)F)cc2)N2CCNCC2)c(O)c1. The maximum absolute atomic E-state index is 12.4. The van der Waals surface area contributed by atoms with Gasteiger partial charge in [-0.1, -0.05) is 12.1 Å². The molecular formula is C18H19F3N2O3. The van der Waals surface area contributed by atoms with Crippen LogP contribution in [-0.2, 0) is 0 Å². The highest BCUT2D eigenvalue weighted by Gasteiger charge is 2.31. The van der Waals surface area contributed by atoms with Gasteiger partial charge in [0.1, 0.15) is 17.2 Å². The molecule has 1 saturated heterocycles. The molecule has 2 aromatic rings. The van der Waals surface area contributed by atoms with Crippen LogP contribution in [0.2, 0.25) is 0 Å². The second kappa shape index (κ2) is 7.43. The lowest BCUT2D eigenvalue weighted by molar-refractivity contribution is -0.274. The van der Waals surface area contributed by atoms with E-state index in [4.69, 9.17) is 0 Å². The first kappa shape index (κ1) is 18.3. The van der Waals surface area contributed by atoms with Crippen molar-refractivity contribution in [2.75, 3.05) is 26.2 Å². The standard InChI is InChI=1S/C18H19F3N2O3/c19-18(20,21)26-14-4-1-12(2-5-14)17(23-9-7-22-8-10-23)15-6-3-13(24)11-16(15)25/h1-6,11,17,22,24-25H,7-10H2/t17-/m0/s1. The van der Waals surface area contributed by atoms with Gasteiger partial charge in [-0.05, 0) is 29.8 Å². The lowest BCUT2D eigenvalue weighted by Crippen LogP contribution is -2.45. The fourth-order valence-electron chi connectivity index (χ4n) is 3.14. The van der Waals surface area contributed by atoms with Crippen LogP contribution in [0.3, 0.4) is 0 Å². The molecule has 1 fully saturated rings. The van der Waals surface area contributed by atoms with Crippen molar-refractivity contribution in [1.29, 1.82) is 0 Å². The van der Waals surface area contributed by atoms with E-state index in [1.54, 1.807) is 18.2 Å². The fraction of sp³-hybridized carbons (Fsp3) is 0.333. The Morgan fingerprint density at radius 2 is 1.65 bits per heavy atom. The van der Waals surface area contributed by atoms with E-state index in [1.165, 1.54) is 24.3 Å². The van der Waals surface area contributed by atoms with E-state index >= 15 is 0 Å². The van der Waals surface area contributed by atoms with Crippen LogP contribution in [0.15, 0.2) is 42.5 Å². The predicted molar refractivity (Wildman–Crippen MR) is 89.2 cm³/mol. The molecule has 1 aliphatic heterocycles. The smallest absolute Gasteiger partial charge is 0.508 e. The number of alkyl halides is 3. The van der Waals surface area contributed by atoms with E-state index in [1.807, 2.05) is 0 Å². The molecule has 2 aromatic carbocycles. The monoisotopic (exact) mass is 368 g/mol. The van der Waals surface area contributed by atoms with Crippen molar-refractivity contribution in [2.45, 2.75) is 12.4 Å². The molecule has 0 saturated carbocycles. The zero-order chi connectivity index (χ0) is 18.7. The van der Waals surface area contributed by atoms with Gasteiger partial charge in [0.25, 0.3) is 0 Å². The highest BCUT2D eigenvalue weighted by molar-refractivity contribution is 5.45. The van der Waals surface area contributed by atoms with Crippen LogP contribution in [0.5, 0.6) is 17.2 Å². The summed E-state index contributed by atoms with van der Waals surface area (Å²) in [5.41, 5.74) is 1.30. The van der Waals surface area contributed by atoms with Crippen LogP contribution in [0.25, 0.3) is 0 Å². The second-order valence-electron chi connectivity index (χ2n) is 6.05. The highest BCUT2D eigenvalue weighted by Crippen LogP contribution is 2.37. The number of ether oxygens (including phenoxy) is 1. The number of halogens is 3. The number of aromatic hydroxyl groups is 2. The molecule has 1 heterocycles. The number of hydrogen-bond donors (Lipinski definition) is 3. The lowest BCUT2D eigenvalue weighted by Gasteiger charge is -2.36. The summed E-state index contributed by atoms with van der Waals surface area (Å²) in [6, 6.07) is 9.64. The van der Waals surface area contributed by atoms with E-state index in [2.05, 4.69) is 15.0 Å². The van der Waals surface area contributed by atoms with Crippen LogP contribution in [0.4, 0.5) is 13.2 Å².